The largest absolute Gasteiger partial charge is 0.396 e. The number of aliphatic hydroxyl groups excluding tert-OH is 11. The summed E-state index contributed by atoms with van der Waals surface area (Å²) in [6.07, 6.45) is -26.3. The zero-order valence-electron chi connectivity index (χ0n) is 28.5. The molecular weight excluding hydrogens is 715 g/mol. The lowest BCUT2D eigenvalue weighted by molar-refractivity contribution is -0.328. The van der Waals surface area contributed by atoms with Crippen LogP contribution in [0.3, 0.4) is 0 Å². The summed E-state index contributed by atoms with van der Waals surface area (Å²) in [4.78, 5) is 9.35. The van der Waals surface area contributed by atoms with Crippen molar-refractivity contribution in [3.63, 3.8) is 0 Å². The lowest BCUT2D eigenvalue weighted by atomic mass is 9.93. The van der Waals surface area contributed by atoms with Gasteiger partial charge in [0.2, 0.25) is 0 Å². The molecule has 12 N–H and O–H groups in total. The second-order valence-electron chi connectivity index (χ2n) is 12.9. The number of methoxy groups -OCH3 is 1. The first-order valence-corrected chi connectivity index (χ1v) is 18.6. The monoisotopic (exact) mass is 770 g/mol. The number of hydrogen-bond acceptors (Lipinski definition) is 20. The van der Waals surface area contributed by atoms with Crippen molar-refractivity contribution in [3.8, 4) is 0 Å². The fourth-order valence-electron chi connectivity index (χ4n) is 6.20. The van der Waals surface area contributed by atoms with Crippen molar-refractivity contribution in [1.29, 1.82) is 0 Å². The molecule has 0 bridgehead atoms. The van der Waals surface area contributed by atoms with E-state index in [2.05, 4.69) is 0 Å². The normalized spacial score (nSPS) is 42.2. The molecule has 0 aromatic carbocycles. The van der Waals surface area contributed by atoms with Crippen LogP contribution < -0.4 is 0 Å². The van der Waals surface area contributed by atoms with Gasteiger partial charge in [0.15, 0.2) is 6.29 Å². The van der Waals surface area contributed by atoms with Crippen LogP contribution in [0.15, 0.2) is 0 Å². The van der Waals surface area contributed by atoms with E-state index in [1.165, 1.54) is 14.0 Å². The highest BCUT2D eigenvalue weighted by Crippen LogP contribution is 2.37. The van der Waals surface area contributed by atoms with Gasteiger partial charge in [-0.05, 0) is 19.8 Å². The summed E-state index contributed by atoms with van der Waals surface area (Å²) in [7, 11) is -2.63. The number of hydrogen-bond donors (Lipinski definition) is 12. The molecule has 3 saturated heterocycles. The molecule has 21 nitrogen and oxygen atoms in total. The Morgan fingerprint density at radius 3 is 1.78 bits per heavy atom. The molecule has 0 aliphatic carbocycles. The van der Waals surface area contributed by atoms with Crippen molar-refractivity contribution in [2.45, 2.75) is 130 Å². The average Bonchev–Trinajstić information content (AvgIpc) is 3.07. The minimum atomic E-state index is -3.88. The minimum Gasteiger partial charge on any atom is -0.396 e. The van der Waals surface area contributed by atoms with Crippen LogP contribution in [0.1, 0.15) is 19.8 Å². The zero-order valence-corrected chi connectivity index (χ0v) is 29.4. The van der Waals surface area contributed by atoms with E-state index in [1.54, 1.807) is 0 Å². The first-order valence-electron chi connectivity index (χ1n) is 16.6. The Bertz CT molecular complexity index is 1060. The van der Waals surface area contributed by atoms with Crippen molar-refractivity contribution >= 4 is 7.60 Å². The summed E-state index contributed by atoms with van der Waals surface area (Å²) in [6, 6.07) is 0. The highest BCUT2D eigenvalue weighted by molar-refractivity contribution is 7.51. The van der Waals surface area contributed by atoms with Gasteiger partial charge in [0.1, 0.15) is 85.5 Å². The standard InChI is InChI=1S/C29H55O21P/c1-12-19(35)27(24(40)29(47-12)50-25(13(33)4-6-30)14(34)5-7-46-51(3,41)42)44-10-17-22(38)28(21(37)16(9-32)48-17)45-11-18-26(43-2)23(39)20(36)15(8-31)49-18/h12-40H,4-11H2,1-3H3,(H,41,42)/t12?,13?,14?,15?,16?,17-,18-,19+,20+,21-,22?,23-,24?,25?,26?,27+,28-,29+/m1/s1. The predicted molar refractivity (Wildman–Crippen MR) is 167 cm³/mol. The molecule has 0 amide bonds. The summed E-state index contributed by atoms with van der Waals surface area (Å²) in [5.41, 5.74) is 0. The second-order valence-corrected chi connectivity index (χ2v) is 14.8. The van der Waals surface area contributed by atoms with E-state index in [9.17, 15) is 65.6 Å². The number of rotatable bonds is 19. The maximum absolute atomic E-state index is 11.5. The average molecular weight is 771 g/mol. The van der Waals surface area contributed by atoms with Gasteiger partial charge in [-0.2, -0.15) is 0 Å². The minimum absolute atomic E-state index is 0.267. The summed E-state index contributed by atoms with van der Waals surface area (Å²) >= 11 is 0. The van der Waals surface area contributed by atoms with Crippen LogP contribution in [-0.2, 0) is 42.2 Å². The molecule has 0 aromatic heterocycles. The van der Waals surface area contributed by atoms with Crippen molar-refractivity contribution in [3.05, 3.63) is 0 Å². The van der Waals surface area contributed by atoms with Crippen LogP contribution in [0.4, 0.5) is 0 Å². The molecule has 10 unspecified atom stereocenters. The molecule has 19 atom stereocenters. The summed E-state index contributed by atoms with van der Waals surface area (Å²) in [5.74, 6) is 0. The highest BCUT2D eigenvalue weighted by atomic mass is 31.2. The Balaban J connectivity index is 1.70. The number of aliphatic hydroxyl groups is 11. The summed E-state index contributed by atoms with van der Waals surface area (Å²) in [6.45, 7) is -0.895. The predicted octanol–water partition coefficient (Wildman–Crippen LogP) is -6.09. The van der Waals surface area contributed by atoms with Gasteiger partial charge in [0, 0.05) is 20.4 Å². The molecular formula is C29H55O21P. The van der Waals surface area contributed by atoms with Crippen molar-refractivity contribution in [2.75, 3.05) is 53.4 Å². The SMILES string of the molecule is COC1[C@@H](CO[C@H]2C(O)[C@@H](CO[C@@H]3C(O)[C@H](OC(C(O)CCO)C(O)CCOP(C)(=O)O)OC(C)[C@@H]3O)OC(CO)[C@H]2O)OC(CO)[C@H](O)[C@H]1O. The van der Waals surface area contributed by atoms with Gasteiger partial charge in [-0.1, -0.05) is 0 Å². The van der Waals surface area contributed by atoms with E-state index in [0.717, 1.165) is 6.66 Å². The topological polar surface area (TPSA) is 334 Å². The van der Waals surface area contributed by atoms with Gasteiger partial charge in [-0.3, -0.25) is 4.57 Å². The van der Waals surface area contributed by atoms with Crippen LogP contribution in [0.5, 0.6) is 0 Å². The molecule has 3 aliphatic rings. The van der Waals surface area contributed by atoms with Crippen LogP contribution in [-0.4, -0.2) is 225 Å². The van der Waals surface area contributed by atoms with E-state index in [1.807, 2.05) is 0 Å². The molecule has 22 heteroatoms. The van der Waals surface area contributed by atoms with Crippen LogP contribution >= 0.6 is 7.60 Å². The van der Waals surface area contributed by atoms with Gasteiger partial charge in [-0.15, -0.1) is 0 Å². The van der Waals surface area contributed by atoms with Crippen molar-refractivity contribution in [2.24, 2.45) is 0 Å². The van der Waals surface area contributed by atoms with Gasteiger partial charge < -0.3 is 98.7 Å². The maximum atomic E-state index is 11.5. The fourth-order valence-corrected chi connectivity index (χ4v) is 6.65. The number of ether oxygens (including phenoxy) is 7. The first-order chi connectivity index (χ1) is 24.0. The molecule has 0 spiro atoms. The van der Waals surface area contributed by atoms with Crippen molar-refractivity contribution < 1.29 is 103 Å². The van der Waals surface area contributed by atoms with Gasteiger partial charge in [0.05, 0.1) is 51.3 Å². The van der Waals surface area contributed by atoms with Crippen molar-refractivity contribution in [1.82, 2.24) is 0 Å². The highest BCUT2D eigenvalue weighted by Gasteiger charge is 2.50. The second kappa shape index (κ2) is 20.4. The maximum Gasteiger partial charge on any atom is 0.325 e. The van der Waals surface area contributed by atoms with Gasteiger partial charge in [0.25, 0.3) is 0 Å². The van der Waals surface area contributed by atoms with E-state index in [0.29, 0.717) is 0 Å². The van der Waals surface area contributed by atoms with Crippen LogP contribution in [0, 0.1) is 0 Å². The van der Waals surface area contributed by atoms with E-state index >= 15 is 0 Å². The third kappa shape index (κ3) is 11.7. The van der Waals surface area contributed by atoms with Crippen LogP contribution in [0.2, 0.25) is 0 Å². The Morgan fingerprint density at radius 2 is 1.22 bits per heavy atom. The van der Waals surface area contributed by atoms with E-state index < -0.39 is 157 Å². The Hall–Kier alpha value is -0.570. The zero-order chi connectivity index (χ0) is 38.2. The fraction of sp³-hybridized carbons (Fsp3) is 1.00. The Morgan fingerprint density at radius 1 is 0.686 bits per heavy atom. The van der Waals surface area contributed by atoms with Crippen LogP contribution in [0.25, 0.3) is 0 Å². The van der Waals surface area contributed by atoms with Gasteiger partial charge >= 0.3 is 7.60 Å². The third-order valence-electron chi connectivity index (χ3n) is 9.11. The third-order valence-corrected chi connectivity index (χ3v) is 9.77. The Kier molecular flexibility index (Phi) is 17.9. The van der Waals surface area contributed by atoms with Gasteiger partial charge in [-0.25, -0.2) is 0 Å². The first kappa shape index (κ1) is 44.8. The summed E-state index contributed by atoms with van der Waals surface area (Å²) < 4.78 is 55.6. The molecule has 0 radical (unpaired) electrons. The molecule has 3 fully saturated rings. The molecule has 0 aromatic rings. The molecule has 51 heavy (non-hydrogen) atoms. The van der Waals surface area contributed by atoms with E-state index in [-0.39, 0.29) is 12.8 Å². The Labute approximate surface area is 294 Å². The molecule has 3 rings (SSSR count). The lowest BCUT2D eigenvalue weighted by Gasteiger charge is -2.46. The molecule has 302 valence electrons. The molecule has 0 saturated carbocycles. The summed E-state index contributed by atoms with van der Waals surface area (Å²) in [5, 5.41) is 115. The lowest BCUT2D eigenvalue weighted by Crippen LogP contribution is -2.64. The smallest absolute Gasteiger partial charge is 0.325 e. The molecule has 3 heterocycles. The molecule has 3 aliphatic heterocycles. The quantitative estimate of drug-likeness (QED) is 0.0544. The van der Waals surface area contributed by atoms with E-state index in [4.69, 9.17) is 37.7 Å².